The van der Waals surface area contributed by atoms with Gasteiger partial charge < -0.3 is 24.0 Å². The lowest BCUT2D eigenvalue weighted by molar-refractivity contribution is 0.0601. The number of methoxy groups -OCH3 is 1. The van der Waals surface area contributed by atoms with Gasteiger partial charge in [0.25, 0.3) is 0 Å². The molecule has 154 valence electrons. The molecule has 0 unspecified atom stereocenters. The summed E-state index contributed by atoms with van der Waals surface area (Å²) in [5.74, 6) is 0.497. The van der Waals surface area contributed by atoms with E-state index >= 15 is 0 Å². The quantitative estimate of drug-likeness (QED) is 0.533. The number of rotatable bonds is 10. The predicted octanol–water partition coefficient (Wildman–Crippen LogP) is 3.32. The molecule has 29 heavy (non-hydrogen) atoms. The minimum absolute atomic E-state index is 0.220. The monoisotopic (exact) mass is 396 g/mol. The van der Waals surface area contributed by atoms with Crippen LogP contribution in [0.25, 0.3) is 10.9 Å². The smallest absolute Gasteiger partial charge is 0.337 e. The third kappa shape index (κ3) is 5.59. The van der Waals surface area contributed by atoms with Gasteiger partial charge in [0.05, 0.1) is 19.2 Å². The Morgan fingerprint density at radius 1 is 1.14 bits per heavy atom. The maximum atomic E-state index is 11.8. The van der Waals surface area contributed by atoms with Crippen LogP contribution in [-0.2, 0) is 17.8 Å². The number of esters is 1. The molecule has 6 nitrogen and oxygen atoms in total. The van der Waals surface area contributed by atoms with E-state index in [0.29, 0.717) is 18.7 Å². The Morgan fingerprint density at radius 2 is 1.93 bits per heavy atom. The Kier molecular flexibility index (Phi) is 7.27. The highest BCUT2D eigenvalue weighted by Crippen LogP contribution is 2.19. The lowest BCUT2D eigenvalue weighted by Crippen LogP contribution is -2.19. The molecule has 1 aromatic heterocycles. The number of aliphatic hydroxyl groups excluding tert-OH is 1. The van der Waals surface area contributed by atoms with Crippen molar-refractivity contribution in [1.82, 2.24) is 9.47 Å². The van der Waals surface area contributed by atoms with Gasteiger partial charge in [0.1, 0.15) is 12.4 Å². The third-order valence-electron chi connectivity index (χ3n) is 4.87. The van der Waals surface area contributed by atoms with Crippen molar-refractivity contribution in [2.75, 3.05) is 33.9 Å². The van der Waals surface area contributed by atoms with Crippen molar-refractivity contribution >= 4 is 16.9 Å². The van der Waals surface area contributed by atoms with Crippen molar-refractivity contribution < 1.29 is 19.4 Å². The highest BCUT2D eigenvalue weighted by molar-refractivity contribution is 5.94. The molecule has 0 spiro atoms. The predicted molar refractivity (Wildman–Crippen MR) is 113 cm³/mol. The Bertz CT molecular complexity index is 934. The molecule has 2 aromatic carbocycles. The molecule has 1 N–H and O–H groups in total. The largest absolute Gasteiger partial charge is 0.492 e. The molecule has 6 heteroatoms. The summed E-state index contributed by atoms with van der Waals surface area (Å²) in [5, 5.41) is 9.99. The Morgan fingerprint density at radius 3 is 2.66 bits per heavy atom. The van der Waals surface area contributed by atoms with Gasteiger partial charge in [0.2, 0.25) is 0 Å². The first-order chi connectivity index (χ1) is 14.1. The fourth-order valence-corrected chi connectivity index (χ4v) is 3.31. The summed E-state index contributed by atoms with van der Waals surface area (Å²) in [7, 11) is 3.44. The molecule has 0 aliphatic heterocycles. The molecule has 0 aliphatic rings. The molecular formula is C23H28N2O4. The second-order valence-electron chi connectivity index (χ2n) is 7.08. The average molecular weight is 396 g/mol. The summed E-state index contributed by atoms with van der Waals surface area (Å²) < 4.78 is 12.8. The van der Waals surface area contributed by atoms with E-state index in [2.05, 4.69) is 21.6 Å². The number of fused-ring (bicyclic) bond motifs is 1. The van der Waals surface area contributed by atoms with Crippen LogP contribution in [0.15, 0.2) is 54.7 Å². The van der Waals surface area contributed by atoms with Gasteiger partial charge >= 0.3 is 5.97 Å². The normalized spacial score (nSPS) is 11.2. The first-order valence-corrected chi connectivity index (χ1v) is 9.79. The number of carbonyl (C=O) groups excluding carboxylic acids is 1. The van der Waals surface area contributed by atoms with Gasteiger partial charge in [-0.3, -0.25) is 0 Å². The second-order valence-corrected chi connectivity index (χ2v) is 7.08. The van der Waals surface area contributed by atoms with Gasteiger partial charge in [-0.2, -0.15) is 0 Å². The van der Waals surface area contributed by atoms with Gasteiger partial charge in [-0.15, -0.1) is 0 Å². The molecule has 1 heterocycles. The third-order valence-corrected chi connectivity index (χ3v) is 4.87. The van der Waals surface area contributed by atoms with Crippen LogP contribution >= 0.6 is 0 Å². The Hall–Kier alpha value is -2.83. The van der Waals surface area contributed by atoms with E-state index in [9.17, 15) is 4.79 Å². The summed E-state index contributed by atoms with van der Waals surface area (Å²) >= 11 is 0. The van der Waals surface area contributed by atoms with Crippen molar-refractivity contribution in [3.05, 3.63) is 65.9 Å². The molecule has 0 saturated heterocycles. The van der Waals surface area contributed by atoms with Gasteiger partial charge in [-0.05, 0) is 54.8 Å². The number of aromatic nitrogens is 1. The number of hydrogen-bond donors (Lipinski definition) is 1. The van der Waals surface area contributed by atoms with Gasteiger partial charge in [-0.1, -0.05) is 18.2 Å². The van der Waals surface area contributed by atoms with E-state index < -0.39 is 0 Å². The van der Waals surface area contributed by atoms with Crippen molar-refractivity contribution in [1.29, 1.82) is 0 Å². The SMILES string of the molecule is COC(=O)c1ccc2ccn(CCOc3ccc(CN(C)CCCO)cc3)c2c1. The Balaban J connectivity index is 1.55. The van der Waals surface area contributed by atoms with E-state index in [0.717, 1.165) is 36.2 Å². The standard InChI is InChI=1S/C23H28N2O4/c1-24(11-3-14-26)17-18-4-8-21(9-5-18)29-15-13-25-12-10-19-6-7-20(16-22(19)25)23(27)28-2/h4-10,12,16,26H,3,11,13-15,17H2,1-2H3. The molecule has 3 aromatic rings. The van der Waals surface area contributed by atoms with Gasteiger partial charge in [0, 0.05) is 31.4 Å². The second kappa shape index (κ2) is 10.1. The van der Waals surface area contributed by atoms with Crippen LogP contribution in [0.3, 0.4) is 0 Å². The van der Waals surface area contributed by atoms with Crippen LogP contribution in [0.5, 0.6) is 5.75 Å². The molecule has 0 aliphatic carbocycles. The lowest BCUT2D eigenvalue weighted by atomic mass is 10.1. The van der Waals surface area contributed by atoms with E-state index in [-0.39, 0.29) is 12.6 Å². The summed E-state index contributed by atoms with van der Waals surface area (Å²) in [6, 6.07) is 15.7. The molecular weight excluding hydrogens is 368 g/mol. The molecule has 0 bridgehead atoms. The summed E-state index contributed by atoms with van der Waals surface area (Å²) in [5.41, 5.74) is 2.74. The average Bonchev–Trinajstić information content (AvgIpc) is 3.15. The maximum Gasteiger partial charge on any atom is 0.337 e. The van der Waals surface area contributed by atoms with E-state index in [4.69, 9.17) is 14.6 Å². The zero-order valence-corrected chi connectivity index (χ0v) is 17.0. The van der Waals surface area contributed by atoms with Crippen LogP contribution in [-0.4, -0.2) is 54.5 Å². The molecule has 3 rings (SSSR count). The highest BCUT2D eigenvalue weighted by Gasteiger charge is 2.09. The molecule has 0 radical (unpaired) electrons. The van der Waals surface area contributed by atoms with Crippen molar-refractivity contribution in [2.24, 2.45) is 0 Å². The van der Waals surface area contributed by atoms with Crippen LogP contribution in [0.2, 0.25) is 0 Å². The van der Waals surface area contributed by atoms with E-state index in [1.807, 2.05) is 43.6 Å². The summed E-state index contributed by atoms with van der Waals surface area (Å²) in [4.78, 5) is 14.0. The number of nitrogens with zero attached hydrogens (tertiary/aromatic N) is 2. The van der Waals surface area contributed by atoms with Crippen LogP contribution in [0.4, 0.5) is 0 Å². The van der Waals surface area contributed by atoms with Crippen LogP contribution in [0.1, 0.15) is 22.3 Å². The van der Waals surface area contributed by atoms with Crippen molar-refractivity contribution in [3.63, 3.8) is 0 Å². The molecule has 0 amide bonds. The van der Waals surface area contributed by atoms with E-state index in [1.54, 1.807) is 6.07 Å². The highest BCUT2D eigenvalue weighted by atomic mass is 16.5. The van der Waals surface area contributed by atoms with Crippen LogP contribution in [0, 0.1) is 0 Å². The topological polar surface area (TPSA) is 63.9 Å². The van der Waals surface area contributed by atoms with E-state index in [1.165, 1.54) is 12.7 Å². The summed E-state index contributed by atoms with van der Waals surface area (Å²) in [6.45, 7) is 3.15. The first kappa shape index (κ1) is 20.9. The van der Waals surface area contributed by atoms with Crippen molar-refractivity contribution in [2.45, 2.75) is 19.5 Å². The zero-order chi connectivity index (χ0) is 20.6. The number of benzene rings is 2. The molecule has 0 atom stereocenters. The first-order valence-electron chi connectivity index (χ1n) is 9.79. The number of carbonyl (C=O) groups is 1. The van der Waals surface area contributed by atoms with Gasteiger partial charge in [-0.25, -0.2) is 4.79 Å². The minimum atomic E-state index is -0.335. The zero-order valence-electron chi connectivity index (χ0n) is 17.0. The number of aliphatic hydroxyl groups is 1. The lowest BCUT2D eigenvalue weighted by Gasteiger charge is -2.16. The minimum Gasteiger partial charge on any atom is -0.492 e. The Labute approximate surface area is 171 Å². The molecule has 0 saturated carbocycles. The summed E-state index contributed by atoms with van der Waals surface area (Å²) in [6.07, 6.45) is 2.79. The number of ether oxygens (including phenoxy) is 2. The fraction of sp³-hybridized carbons (Fsp3) is 0.348. The maximum absolute atomic E-state index is 11.8. The number of hydrogen-bond acceptors (Lipinski definition) is 5. The van der Waals surface area contributed by atoms with Gasteiger partial charge in [0.15, 0.2) is 0 Å². The molecule has 0 fully saturated rings. The van der Waals surface area contributed by atoms with Crippen molar-refractivity contribution in [3.8, 4) is 5.75 Å². The van der Waals surface area contributed by atoms with Crippen LogP contribution < -0.4 is 4.74 Å². The fourth-order valence-electron chi connectivity index (χ4n) is 3.31.